The van der Waals surface area contributed by atoms with Crippen LogP contribution in [0.2, 0.25) is 0 Å². The van der Waals surface area contributed by atoms with Crippen molar-refractivity contribution in [1.29, 1.82) is 0 Å². The summed E-state index contributed by atoms with van der Waals surface area (Å²) in [7, 11) is 0. The lowest BCUT2D eigenvalue weighted by molar-refractivity contribution is -0.113. The van der Waals surface area contributed by atoms with E-state index in [9.17, 15) is 13.6 Å². The molecule has 0 spiro atoms. The highest BCUT2D eigenvalue weighted by molar-refractivity contribution is 8.00. The molecular weight excluding hydrogens is 384 g/mol. The van der Waals surface area contributed by atoms with Gasteiger partial charge in [-0.15, -0.1) is 0 Å². The van der Waals surface area contributed by atoms with Gasteiger partial charge in [-0.3, -0.25) is 4.79 Å². The van der Waals surface area contributed by atoms with Gasteiger partial charge in [0.05, 0.1) is 28.7 Å². The number of halogens is 2. The molecule has 2 aromatic heterocycles. The molecule has 1 N–H and O–H groups in total. The zero-order valence-corrected chi connectivity index (χ0v) is 15.2. The fourth-order valence-corrected chi connectivity index (χ4v) is 3.37. The van der Waals surface area contributed by atoms with Crippen LogP contribution in [0, 0.1) is 11.6 Å². The third-order valence-electron chi connectivity index (χ3n) is 3.87. The smallest absolute Gasteiger partial charge is 0.234 e. The van der Waals surface area contributed by atoms with Crippen molar-refractivity contribution in [3.05, 3.63) is 72.7 Å². The quantitative estimate of drug-likeness (QED) is 0.409. The molecule has 0 saturated heterocycles. The van der Waals surface area contributed by atoms with Gasteiger partial charge in [0, 0.05) is 6.07 Å². The Kier molecular flexibility index (Phi) is 4.98. The van der Waals surface area contributed by atoms with Crippen molar-refractivity contribution in [2.75, 3.05) is 11.1 Å². The fraction of sp³-hybridized carbons (Fsp3) is 0.0526. The van der Waals surface area contributed by atoms with Gasteiger partial charge in [0.2, 0.25) is 5.91 Å². The Balaban J connectivity index is 1.52. The van der Waals surface area contributed by atoms with Crippen LogP contribution in [0.5, 0.6) is 0 Å². The van der Waals surface area contributed by atoms with Crippen LogP contribution < -0.4 is 5.32 Å². The predicted molar refractivity (Wildman–Crippen MR) is 102 cm³/mol. The first kappa shape index (κ1) is 18.1. The van der Waals surface area contributed by atoms with E-state index in [1.807, 2.05) is 30.3 Å². The third kappa shape index (κ3) is 3.70. The van der Waals surface area contributed by atoms with E-state index in [0.717, 1.165) is 35.6 Å². The van der Waals surface area contributed by atoms with Gasteiger partial charge in [-0.2, -0.15) is 5.10 Å². The number of hydrogen-bond donors (Lipinski definition) is 1. The van der Waals surface area contributed by atoms with Crippen LogP contribution in [-0.2, 0) is 4.79 Å². The molecule has 140 valence electrons. The minimum atomic E-state index is -0.701. The van der Waals surface area contributed by atoms with Crippen molar-refractivity contribution in [2.24, 2.45) is 0 Å². The van der Waals surface area contributed by atoms with Crippen molar-refractivity contribution in [3.63, 3.8) is 0 Å². The standard InChI is InChI=1S/C19H13F2N5OS/c20-12-6-7-15(21)16(8-12)25-17(27)10-28-19-14-9-24-26(18(14)22-11-23-19)13-4-2-1-3-5-13/h1-9,11H,10H2,(H,25,27). The number of fused-ring (bicyclic) bond motifs is 1. The summed E-state index contributed by atoms with van der Waals surface area (Å²) in [6, 6.07) is 12.4. The number of rotatable bonds is 5. The largest absolute Gasteiger partial charge is 0.323 e. The topological polar surface area (TPSA) is 72.7 Å². The Morgan fingerprint density at radius 3 is 2.75 bits per heavy atom. The number of hydrogen-bond acceptors (Lipinski definition) is 5. The van der Waals surface area contributed by atoms with E-state index in [2.05, 4.69) is 20.4 Å². The zero-order chi connectivity index (χ0) is 19.5. The molecule has 0 bridgehead atoms. The van der Waals surface area contributed by atoms with Crippen molar-refractivity contribution in [1.82, 2.24) is 19.7 Å². The van der Waals surface area contributed by atoms with Crippen LogP contribution in [-0.4, -0.2) is 31.4 Å². The summed E-state index contributed by atoms with van der Waals surface area (Å²) in [5.41, 5.74) is 1.27. The molecule has 28 heavy (non-hydrogen) atoms. The lowest BCUT2D eigenvalue weighted by atomic mass is 10.3. The number of benzene rings is 2. The maximum atomic E-state index is 13.6. The predicted octanol–water partition coefficient (Wildman–Crippen LogP) is 3.82. The number of nitrogens with one attached hydrogen (secondary N) is 1. The first-order valence-electron chi connectivity index (χ1n) is 8.23. The monoisotopic (exact) mass is 397 g/mol. The molecule has 0 fully saturated rings. The molecule has 9 heteroatoms. The SMILES string of the molecule is O=C(CSc1ncnc2c1cnn2-c1ccccc1)Nc1cc(F)ccc1F. The number of amides is 1. The Bertz CT molecular complexity index is 1150. The fourth-order valence-electron chi connectivity index (χ4n) is 2.61. The van der Waals surface area contributed by atoms with Crippen LogP contribution >= 0.6 is 11.8 Å². The minimum absolute atomic E-state index is 0.0292. The van der Waals surface area contributed by atoms with Crippen LogP contribution in [0.15, 0.2) is 66.1 Å². The number of carbonyl (C=O) groups is 1. The highest BCUT2D eigenvalue weighted by Crippen LogP contribution is 2.26. The third-order valence-corrected chi connectivity index (χ3v) is 4.88. The summed E-state index contributed by atoms with van der Waals surface area (Å²) in [5.74, 6) is -1.83. The molecular formula is C19H13F2N5OS. The van der Waals surface area contributed by atoms with Crippen molar-refractivity contribution in [3.8, 4) is 5.69 Å². The summed E-state index contributed by atoms with van der Waals surface area (Å²) < 4.78 is 28.5. The van der Waals surface area contributed by atoms with E-state index in [0.29, 0.717) is 16.1 Å². The molecule has 6 nitrogen and oxygen atoms in total. The Hall–Kier alpha value is -3.33. The van der Waals surface area contributed by atoms with Crippen molar-refractivity contribution in [2.45, 2.75) is 5.03 Å². The van der Waals surface area contributed by atoms with E-state index in [1.165, 1.54) is 6.33 Å². The summed E-state index contributed by atoms with van der Waals surface area (Å²) in [6.45, 7) is 0. The summed E-state index contributed by atoms with van der Waals surface area (Å²) >= 11 is 1.16. The Labute approximate surface area is 162 Å². The van der Waals surface area contributed by atoms with Crippen molar-refractivity contribution >= 4 is 34.4 Å². The van der Waals surface area contributed by atoms with Gasteiger partial charge in [-0.05, 0) is 24.3 Å². The molecule has 0 unspecified atom stereocenters. The molecule has 2 aromatic carbocycles. The molecule has 0 aliphatic carbocycles. The van der Waals surface area contributed by atoms with E-state index in [-0.39, 0.29) is 11.4 Å². The lowest BCUT2D eigenvalue weighted by Crippen LogP contribution is -2.15. The first-order chi connectivity index (χ1) is 13.6. The van der Waals surface area contributed by atoms with Gasteiger partial charge < -0.3 is 5.32 Å². The first-order valence-corrected chi connectivity index (χ1v) is 9.22. The van der Waals surface area contributed by atoms with Crippen LogP contribution in [0.4, 0.5) is 14.5 Å². The summed E-state index contributed by atoms with van der Waals surface area (Å²) in [5, 5.41) is 7.98. The number of carbonyl (C=O) groups excluding carboxylic acids is 1. The lowest BCUT2D eigenvalue weighted by Gasteiger charge is -2.07. The normalized spacial score (nSPS) is 10.9. The number of anilines is 1. The Morgan fingerprint density at radius 2 is 1.93 bits per heavy atom. The maximum absolute atomic E-state index is 13.6. The number of nitrogens with zero attached hydrogens (tertiary/aromatic N) is 4. The summed E-state index contributed by atoms with van der Waals surface area (Å²) in [6.07, 6.45) is 3.03. The highest BCUT2D eigenvalue weighted by Gasteiger charge is 2.14. The van der Waals surface area contributed by atoms with Gasteiger partial charge in [0.25, 0.3) is 0 Å². The molecule has 2 heterocycles. The van der Waals surface area contributed by atoms with Crippen LogP contribution in [0.1, 0.15) is 0 Å². The second-order valence-corrected chi connectivity index (χ2v) is 6.73. The molecule has 0 saturated carbocycles. The molecule has 0 radical (unpaired) electrons. The molecule has 0 aliphatic rings. The average Bonchev–Trinajstić information content (AvgIpc) is 3.14. The van der Waals surface area contributed by atoms with Gasteiger partial charge in [0.1, 0.15) is 23.0 Å². The maximum Gasteiger partial charge on any atom is 0.234 e. The van der Waals surface area contributed by atoms with Gasteiger partial charge >= 0.3 is 0 Å². The molecule has 4 rings (SSSR count). The van der Waals surface area contributed by atoms with Gasteiger partial charge in [-0.25, -0.2) is 23.4 Å². The van der Waals surface area contributed by atoms with Crippen LogP contribution in [0.25, 0.3) is 16.7 Å². The summed E-state index contributed by atoms with van der Waals surface area (Å²) in [4.78, 5) is 20.6. The number of para-hydroxylation sites is 1. The minimum Gasteiger partial charge on any atom is -0.323 e. The second-order valence-electron chi connectivity index (χ2n) is 5.77. The highest BCUT2D eigenvalue weighted by atomic mass is 32.2. The van der Waals surface area contributed by atoms with E-state index in [4.69, 9.17) is 0 Å². The Morgan fingerprint density at radius 1 is 1.11 bits per heavy atom. The van der Waals surface area contributed by atoms with E-state index < -0.39 is 17.5 Å². The van der Waals surface area contributed by atoms with E-state index >= 15 is 0 Å². The molecule has 0 aliphatic heterocycles. The van der Waals surface area contributed by atoms with Crippen LogP contribution in [0.3, 0.4) is 0 Å². The molecule has 1 amide bonds. The van der Waals surface area contributed by atoms with Gasteiger partial charge in [0.15, 0.2) is 5.65 Å². The molecule has 0 atom stereocenters. The van der Waals surface area contributed by atoms with Crippen molar-refractivity contribution < 1.29 is 13.6 Å². The average molecular weight is 397 g/mol. The zero-order valence-electron chi connectivity index (χ0n) is 14.3. The van der Waals surface area contributed by atoms with E-state index in [1.54, 1.807) is 10.9 Å². The number of aromatic nitrogens is 4. The van der Waals surface area contributed by atoms with Gasteiger partial charge in [-0.1, -0.05) is 30.0 Å². The molecule has 4 aromatic rings. The second kappa shape index (κ2) is 7.73. The number of thioether (sulfide) groups is 1.